The standard InChI is InChI=1S/C17H16N2O3/c20-17(14-7-4-8-15(11-14)19(21)22)18-16(13-9-10-13)12-5-2-1-3-6-12/h1-8,11,13,16H,9-10H2,(H,18,20)/t16-/m0/s1. The first-order chi connectivity index (χ1) is 10.6. The fourth-order valence-electron chi connectivity index (χ4n) is 2.55. The first-order valence-electron chi connectivity index (χ1n) is 7.25. The Morgan fingerprint density at radius 3 is 2.50 bits per heavy atom. The summed E-state index contributed by atoms with van der Waals surface area (Å²) in [6, 6.07) is 15.6. The zero-order valence-corrected chi connectivity index (χ0v) is 11.9. The monoisotopic (exact) mass is 296 g/mol. The molecule has 2 aromatic rings. The summed E-state index contributed by atoms with van der Waals surface area (Å²) in [5.74, 6) is 0.175. The normalized spacial score (nSPS) is 15.1. The smallest absolute Gasteiger partial charge is 0.270 e. The van der Waals surface area contributed by atoms with Crippen molar-refractivity contribution in [1.82, 2.24) is 5.32 Å². The molecule has 1 saturated carbocycles. The minimum atomic E-state index is -0.494. The van der Waals surface area contributed by atoms with E-state index in [1.807, 2.05) is 30.3 Å². The summed E-state index contributed by atoms with van der Waals surface area (Å²) < 4.78 is 0. The van der Waals surface area contributed by atoms with E-state index >= 15 is 0 Å². The number of amides is 1. The highest BCUT2D eigenvalue weighted by atomic mass is 16.6. The highest BCUT2D eigenvalue weighted by molar-refractivity contribution is 5.95. The molecule has 1 N–H and O–H groups in total. The lowest BCUT2D eigenvalue weighted by Gasteiger charge is -2.18. The lowest BCUT2D eigenvalue weighted by atomic mass is 10.0. The molecule has 0 bridgehead atoms. The maximum atomic E-state index is 12.4. The Labute approximate surface area is 128 Å². The molecule has 5 heteroatoms. The maximum absolute atomic E-state index is 12.4. The van der Waals surface area contributed by atoms with Gasteiger partial charge in [-0.2, -0.15) is 0 Å². The Balaban J connectivity index is 1.80. The van der Waals surface area contributed by atoms with E-state index in [4.69, 9.17) is 0 Å². The third-order valence-electron chi connectivity index (χ3n) is 3.86. The van der Waals surface area contributed by atoms with Crippen molar-refractivity contribution in [3.63, 3.8) is 0 Å². The van der Waals surface area contributed by atoms with E-state index in [1.165, 1.54) is 18.2 Å². The molecule has 1 fully saturated rings. The van der Waals surface area contributed by atoms with Crippen LogP contribution in [-0.2, 0) is 0 Å². The molecule has 0 aliphatic heterocycles. The highest BCUT2D eigenvalue weighted by Gasteiger charge is 2.33. The van der Waals surface area contributed by atoms with Gasteiger partial charge in [-0.3, -0.25) is 14.9 Å². The van der Waals surface area contributed by atoms with Crippen LogP contribution in [0.15, 0.2) is 54.6 Å². The number of nitrogens with zero attached hydrogens (tertiary/aromatic N) is 1. The molecule has 3 rings (SSSR count). The molecule has 0 unspecified atom stereocenters. The van der Waals surface area contributed by atoms with Gasteiger partial charge in [-0.1, -0.05) is 36.4 Å². The topological polar surface area (TPSA) is 72.2 Å². The second-order valence-electron chi connectivity index (χ2n) is 5.51. The molecule has 0 heterocycles. The predicted molar refractivity (Wildman–Crippen MR) is 82.5 cm³/mol. The van der Waals surface area contributed by atoms with Gasteiger partial charge in [-0.15, -0.1) is 0 Å². The summed E-state index contributed by atoms with van der Waals surface area (Å²) >= 11 is 0. The molecule has 112 valence electrons. The first kappa shape index (κ1) is 14.3. The van der Waals surface area contributed by atoms with Crippen LogP contribution >= 0.6 is 0 Å². The number of nitro benzene ring substituents is 1. The van der Waals surface area contributed by atoms with Gasteiger partial charge in [-0.05, 0) is 30.4 Å². The fraction of sp³-hybridized carbons (Fsp3) is 0.235. The van der Waals surface area contributed by atoms with E-state index in [0.29, 0.717) is 11.5 Å². The van der Waals surface area contributed by atoms with Gasteiger partial charge < -0.3 is 5.32 Å². The molecule has 0 saturated heterocycles. The number of hydrogen-bond acceptors (Lipinski definition) is 3. The van der Waals surface area contributed by atoms with Crippen molar-refractivity contribution in [2.24, 2.45) is 5.92 Å². The van der Waals surface area contributed by atoms with Crippen LogP contribution < -0.4 is 5.32 Å². The lowest BCUT2D eigenvalue weighted by Crippen LogP contribution is -2.29. The van der Waals surface area contributed by atoms with Gasteiger partial charge in [0.05, 0.1) is 11.0 Å². The van der Waals surface area contributed by atoms with Gasteiger partial charge in [0, 0.05) is 17.7 Å². The number of carbonyl (C=O) groups is 1. The summed E-state index contributed by atoms with van der Waals surface area (Å²) in [7, 11) is 0. The molecule has 5 nitrogen and oxygen atoms in total. The molecular weight excluding hydrogens is 280 g/mol. The minimum Gasteiger partial charge on any atom is -0.345 e. The van der Waals surface area contributed by atoms with Gasteiger partial charge >= 0.3 is 0 Å². The van der Waals surface area contributed by atoms with Crippen molar-refractivity contribution in [3.8, 4) is 0 Å². The van der Waals surface area contributed by atoms with Crippen LogP contribution in [0.25, 0.3) is 0 Å². The third kappa shape index (κ3) is 3.14. The van der Waals surface area contributed by atoms with E-state index in [2.05, 4.69) is 5.32 Å². The summed E-state index contributed by atoms with van der Waals surface area (Å²) in [6.45, 7) is 0. The Bertz CT molecular complexity index is 696. The van der Waals surface area contributed by atoms with Crippen molar-refractivity contribution in [2.45, 2.75) is 18.9 Å². The van der Waals surface area contributed by atoms with E-state index in [9.17, 15) is 14.9 Å². The van der Waals surface area contributed by atoms with E-state index in [1.54, 1.807) is 6.07 Å². The molecule has 1 amide bonds. The molecular formula is C17H16N2O3. The maximum Gasteiger partial charge on any atom is 0.270 e. The second kappa shape index (κ2) is 5.97. The average Bonchev–Trinajstić information content (AvgIpc) is 3.38. The van der Waals surface area contributed by atoms with Crippen LogP contribution in [0, 0.1) is 16.0 Å². The molecule has 22 heavy (non-hydrogen) atoms. The molecule has 1 atom stereocenters. The molecule has 0 radical (unpaired) electrons. The largest absolute Gasteiger partial charge is 0.345 e. The first-order valence-corrected chi connectivity index (χ1v) is 7.25. The van der Waals surface area contributed by atoms with Gasteiger partial charge in [-0.25, -0.2) is 0 Å². The van der Waals surface area contributed by atoms with Crippen LogP contribution in [0.5, 0.6) is 0 Å². The number of non-ortho nitro benzene ring substituents is 1. The number of carbonyl (C=O) groups excluding carboxylic acids is 1. The van der Waals surface area contributed by atoms with Crippen LogP contribution in [0.4, 0.5) is 5.69 Å². The zero-order valence-electron chi connectivity index (χ0n) is 11.9. The van der Waals surface area contributed by atoms with Crippen LogP contribution in [-0.4, -0.2) is 10.8 Å². The average molecular weight is 296 g/mol. The summed E-state index contributed by atoms with van der Waals surface area (Å²) in [5.41, 5.74) is 1.31. The van der Waals surface area contributed by atoms with Crippen molar-refractivity contribution in [3.05, 3.63) is 75.8 Å². The summed E-state index contributed by atoms with van der Waals surface area (Å²) in [4.78, 5) is 22.7. The Morgan fingerprint density at radius 2 is 1.86 bits per heavy atom. The molecule has 0 spiro atoms. The van der Waals surface area contributed by atoms with E-state index < -0.39 is 4.92 Å². The summed E-state index contributed by atoms with van der Waals surface area (Å²) in [6.07, 6.45) is 2.18. The van der Waals surface area contributed by atoms with Crippen LogP contribution in [0.3, 0.4) is 0 Å². The van der Waals surface area contributed by atoms with Gasteiger partial charge in [0.15, 0.2) is 0 Å². The minimum absolute atomic E-state index is 0.0343. The highest BCUT2D eigenvalue weighted by Crippen LogP contribution is 2.41. The predicted octanol–water partition coefficient (Wildman–Crippen LogP) is 3.48. The Kier molecular flexibility index (Phi) is 3.87. The second-order valence-corrected chi connectivity index (χ2v) is 5.51. The Hall–Kier alpha value is -2.69. The molecule has 0 aromatic heterocycles. The quantitative estimate of drug-likeness (QED) is 0.678. The zero-order chi connectivity index (χ0) is 15.5. The number of rotatable bonds is 5. The fourth-order valence-corrected chi connectivity index (χ4v) is 2.55. The van der Waals surface area contributed by atoms with Crippen molar-refractivity contribution in [1.29, 1.82) is 0 Å². The number of hydrogen-bond donors (Lipinski definition) is 1. The third-order valence-corrected chi connectivity index (χ3v) is 3.86. The SMILES string of the molecule is O=C(N[C@@H](c1ccccc1)C1CC1)c1cccc([N+](=O)[O-])c1. The Morgan fingerprint density at radius 1 is 1.14 bits per heavy atom. The van der Waals surface area contributed by atoms with Crippen molar-refractivity contribution in [2.75, 3.05) is 0 Å². The summed E-state index contributed by atoms with van der Waals surface area (Å²) in [5, 5.41) is 13.8. The number of nitro groups is 1. The number of nitrogens with one attached hydrogen (secondary N) is 1. The lowest BCUT2D eigenvalue weighted by molar-refractivity contribution is -0.384. The number of benzene rings is 2. The van der Waals surface area contributed by atoms with Crippen molar-refractivity contribution >= 4 is 11.6 Å². The van der Waals surface area contributed by atoms with Crippen LogP contribution in [0.2, 0.25) is 0 Å². The van der Waals surface area contributed by atoms with E-state index in [0.717, 1.165) is 18.4 Å². The van der Waals surface area contributed by atoms with Crippen LogP contribution in [0.1, 0.15) is 34.8 Å². The molecule has 1 aliphatic carbocycles. The van der Waals surface area contributed by atoms with Gasteiger partial charge in [0.2, 0.25) is 0 Å². The van der Waals surface area contributed by atoms with Gasteiger partial charge in [0.1, 0.15) is 0 Å². The molecule has 1 aliphatic rings. The molecule has 2 aromatic carbocycles. The van der Waals surface area contributed by atoms with Crippen molar-refractivity contribution < 1.29 is 9.72 Å². The van der Waals surface area contributed by atoms with Gasteiger partial charge in [0.25, 0.3) is 11.6 Å². The van der Waals surface area contributed by atoms with E-state index in [-0.39, 0.29) is 17.6 Å².